The molecule has 0 aromatic heterocycles. The third kappa shape index (κ3) is 14.2. The maximum absolute atomic E-state index is 13.3. The average molecular weight is 909 g/mol. The summed E-state index contributed by atoms with van der Waals surface area (Å²) in [7, 11) is 1.56. The minimum absolute atomic E-state index is 0.0242. The largest absolute Gasteiger partial charge is 0.472 e. The second kappa shape index (κ2) is 22.4. The molecule has 3 fully saturated rings. The number of likely N-dealkylation sites (N-methyl/N-ethyl adjacent to an activating group) is 1. The first-order valence-electron chi connectivity index (χ1n) is 25.3. The van der Waals surface area contributed by atoms with Crippen molar-refractivity contribution in [1.29, 1.82) is 0 Å². The van der Waals surface area contributed by atoms with Gasteiger partial charge in [0.2, 0.25) is 0 Å². The van der Waals surface area contributed by atoms with E-state index in [4.69, 9.17) is 18.5 Å². The zero-order valence-corrected chi connectivity index (χ0v) is 43.6. The minimum Gasteiger partial charge on any atom is -0.454 e. The molecule has 0 radical (unpaired) electrons. The van der Waals surface area contributed by atoms with E-state index in [1.54, 1.807) is 0 Å². The first kappa shape index (κ1) is 52.9. The quantitative estimate of drug-likeness (QED) is 0.0306. The molecule has 5 rings (SSSR count). The fourth-order valence-electron chi connectivity index (χ4n) is 12.9. The lowest BCUT2D eigenvalue weighted by atomic mass is 9.47. The van der Waals surface area contributed by atoms with Gasteiger partial charge in [-0.15, -0.1) is 0 Å². The van der Waals surface area contributed by atoms with Crippen molar-refractivity contribution in [1.82, 2.24) is 0 Å². The van der Waals surface area contributed by atoms with E-state index in [0.717, 1.165) is 72.3 Å². The number of allylic oxidation sites excluding steroid dienone is 10. The van der Waals surface area contributed by atoms with Crippen LogP contribution >= 0.6 is 7.82 Å². The summed E-state index contributed by atoms with van der Waals surface area (Å²) >= 11 is 0. The van der Waals surface area contributed by atoms with Gasteiger partial charge in [-0.1, -0.05) is 121 Å². The fourth-order valence-corrected chi connectivity index (χ4v) is 13.6. The van der Waals surface area contributed by atoms with Crippen molar-refractivity contribution in [3.8, 4) is 0 Å². The van der Waals surface area contributed by atoms with E-state index in [2.05, 4.69) is 80.5 Å². The molecule has 5 aliphatic carbocycles. The van der Waals surface area contributed by atoms with Crippen LogP contribution in [-0.2, 0) is 27.9 Å². The highest BCUT2D eigenvalue weighted by atomic mass is 31.2. The first-order valence-corrected chi connectivity index (χ1v) is 26.8. The number of fused-ring (bicyclic) bond motifs is 5. The molecule has 1 N–H and O–H groups in total. The Morgan fingerprint density at radius 1 is 0.938 bits per heavy atom. The predicted molar refractivity (Wildman–Crippen MR) is 263 cm³/mol. The van der Waals surface area contributed by atoms with E-state index in [0.29, 0.717) is 16.4 Å². The van der Waals surface area contributed by atoms with Crippen molar-refractivity contribution >= 4 is 13.8 Å². The maximum Gasteiger partial charge on any atom is 0.472 e. The molecular formula is C55H91NO7P+. The molecule has 0 aromatic carbocycles. The Morgan fingerprint density at radius 2 is 1.69 bits per heavy atom. The van der Waals surface area contributed by atoms with Crippen molar-refractivity contribution in [2.45, 2.75) is 171 Å². The predicted octanol–water partition coefficient (Wildman–Crippen LogP) is 13.7. The number of rotatable bonds is 21. The van der Waals surface area contributed by atoms with Crippen LogP contribution in [0.5, 0.6) is 0 Å². The number of phosphoric acid groups is 1. The van der Waals surface area contributed by atoms with Crippen molar-refractivity contribution in [3.05, 3.63) is 70.4 Å². The van der Waals surface area contributed by atoms with Gasteiger partial charge in [0.1, 0.15) is 19.3 Å². The summed E-state index contributed by atoms with van der Waals surface area (Å²) in [6.07, 6.45) is 30.6. The Bertz CT molecular complexity index is 1830. The van der Waals surface area contributed by atoms with Crippen LogP contribution in [0.1, 0.15) is 159 Å². The van der Waals surface area contributed by atoms with E-state index < -0.39 is 19.9 Å². The average Bonchev–Trinajstić information content (AvgIpc) is 3.55. The number of hydrogen-bond acceptors (Lipinski definition) is 6. The summed E-state index contributed by atoms with van der Waals surface area (Å²) in [6, 6.07) is 0. The molecule has 0 bridgehead atoms. The first-order chi connectivity index (χ1) is 29.9. The van der Waals surface area contributed by atoms with Crippen LogP contribution in [0.25, 0.3) is 0 Å². The zero-order chi connectivity index (χ0) is 47.1. The molecule has 8 nitrogen and oxygen atoms in total. The van der Waals surface area contributed by atoms with Crippen molar-refractivity contribution < 1.29 is 37.3 Å². The molecule has 64 heavy (non-hydrogen) atoms. The van der Waals surface area contributed by atoms with Crippen molar-refractivity contribution in [2.24, 2.45) is 51.8 Å². The smallest absolute Gasteiger partial charge is 0.454 e. The molecule has 5 aliphatic rings. The minimum atomic E-state index is -4.39. The number of carbonyl (C=O) groups excluding carboxylic acids is 1. The Kier molecular flexibility index (Phi) is 18.5. The standard InChI is InChI=1S/C55H90NO7P/c1-39(2)17-14-20-43(6)49-26-27-50-47-24-23-44-36-45(28-31-54(44,9)51(47)29-32-55(49,50)10)60-37-46(38-62-64(58,59)61-34-33-56(11,12)13)63-52(57)35-41(4)19-15-18-40(3)22-25-48-42(5)21-16-30-53(48,7)8/h15,18-19,22-23,25,35,39,43,45-47,49-51H,14,16-17,20-21,24,26-34,36-38H2,1-13H3/p+1/b19-15+,25-22+,40-18+,41-35+/t43-,45+,46?,47+,49-,50+,51+,54+,55-/m1/s1. The molecule has 0 aliphatic heterocycles. The van der Waals surface area contributed by atoms with Crippen LogP contribution < -0.4 is 0 Å². The number of nitrogens with zero attached hydrogens (tertiary/aromatic N) is 1. The Morgan fingerprint density at radius 3 is 2.39 bits per heavy atom. The SMILES string of the molecule is CC1=C(/C=C/C(C)=C/C=C/C(C)=C/C(=O)OC(CO[C@H]2CC[C@@]3(C)C(=CC[C@H]4[C@@H]5CC[C@H]([C@H](C)CCCC(C)C)[C@@]5(C)CC[C@@H]43)C2)COP(=O)(O)OCC[N+](C)(C)C)C(C)(C)CCC1. The fraction of sp³-hybridized carbons (Fsp3) is 0.764. The van der Waals surface area contributed by atoms with E-state index >= 15 is 0 Å². The van der Waals surface area contributed by atoms with Gasteiger partial charge in [-0.3, -0.25) is 9.05 Å². The van der Waals surface area contributed by atoms with Gasteiger partial charge >= 0.3 is 13.8 Å². The monoisotopic (exact) mass is 909 g/mol. The number of hydrogen-bond donors (Lipinski definition) is 1. The van der Waals surface area contributed by atoms with Gasteiger partial charge in [-0.05, 0) is 154 Å². The van der Waals surface area contributed by atoms with Gasteiger partial charge in [-0.2, -0.15) is 0 Å². The van der Waals surface area contributed by atoms with Crippen molar-refractivity contribution in [3.63, 3.8) is 0 Å². The number of phosphoric ester groups is 1. The number of esters is 1. The summed E-state index contributed by atoms with van der Waals surface area (Å²) in [5.41, 5.74) is 7.12. The molecule has 10 atom stereocenters. The van der Waals surface area contributed by atoms with Gasteiger partial charge < -0.3 is 18.9 Å². The van der Waals surface area contributed by atoms with E-state index in [9.17, 15) is 14.3 Å². The second-order valence-corrected chi connectivity index (χ2v) is 25.0. The molecule has 0 spiro atoms. The molecular weight excluding hydrogens is 818 g/mol. The zero-order valence-electron chi connectivity index (χ0n) is 42.7. The third-order valence-corrected chi connectivity index (χ3v) is 17.6. The molecule has 0 amide bonds. The summed E-state index contributed by atoms with van der Waals surface area (Å²) in [4.78, 5) is 23.9. The number of carbonyl (C=O) groups is 1. The summed E-state index contributed by atoms with van der Waals surface area (Å²) in [5.74, 6) is 4.20. The van der Waals surface area contributed by atoms with Gasteiger partial charge in [0.05, 0.1) is 40.5 Å². The van der Waals surface area contributed by atoms with Gasteiger partial charge in [0.25, 0.3) is 0 Å². The molecule has 2 unspecified atom stereocenters. The van der Waals surface area contributed by atoms with Crippen LogP contribution in [0.15, 0.2) is 70.4 Å². The summed E-state index contributed by atoms with van der Waals surface area (Å²) in [6.45, 7) is 23.6. The topological polar surface area (TPSA) is 91.3 Å². The van der Waals surface area contributed by atoms with Crippen LogP contribution in [-0.4, -0.2) is 75.1 Å². The van der Waals surface area contributed by atoms with Gasteiger partial charge in [0, 0.05) is 6.08 Å². The van der Waals surface area contributed by atoms with Gasteiger partial charge in [0.15, 0.2) is 0 Å². The normalized spacial score (nSPS) is 32.0. The summed E-state index contributed by atoms with van der Waals surface area (Å²) in [5, 5.41) is 0. The van der Waals surface area contributed by atoms with Gasteiger partial charge in [-0.25, -0.2) is 9.36 Å². The van der Waals surface area contributed by atoms with Crippen LogP contribution in [0.3, 0.4) is 0 Å². The molecule has 9 heteroatoms. The second-order valence-electron chi connectivity index (χ2n) is 23.6. The van der Waals surface area contributed by atoms with Crippen molar-refractivity contribution in [2.75, 3.05) is 47.5 Å². The lowest BCUT2D eigenvalue weighted by Crippen LogP contribution is -2.51. The lowest BCUT2D eigenvalue weighted by Gasteiger charge is -2.58. The van der Waals surface area contributed by atoms with E-state index in [1.165, 1.54) is 87.0 Å². The molecule has 0 heterocycles. The van der Waals surface area contributed by atoms with Crippen LogP contribution in [0.4, 0.5) is 0 Å². The number of quaternary nitrogens is 1. The highest BCUT2D eigenvalue weighted by Gasteiger charge is 2.59. The Hall–Kier alpha value is -2.06. The third-order valence-electron chi connectivity index (χ3n) is 16.6. The highest BCUT2D eigenvalue weighted by Crippen LogP contribution is 2.67. The Balaban J connectivity index is 1.20. The highest BCUT2D eigenvalue weighted by molar-refractivity contribution is 7.47. The number of ether oxygens (including phenoxy) is 2. The lowest BCUT2D eigenvalue weighted by molar-refractivity contribution is -0.870. The molecule has 0 aromatic rings. The molecule has 3 saturated carbocycles. The van der Waals surface area contributed by atoms with Crippen LogP contribution in [0.2, 0.25) is 0 Å². The van der Waals surface area contributed by atoms with Crippen LogP contribution in [0, 0.1) is 51.8 Å². The maximum atomic E-state index is 13.3. The molecule has 362 valence electrons. The van der Waals surface area contributed by atoms with E-state index in [1.807, 2.05) is 46.3 Å². The summed E-state index contributed by atoms with van der Waals surface area (Å²) < 4.78 is 36.7. The molecule has 0 saturated heterocycles. The Labute approximate surface area is 390 Å². The van der Waals surface area contributed by atoms with E-state index in [-0.39, 0.29) is 36.8 Å².